The Balaban J connectivity index is 1.47. The molecule has 0 bridgehead atoms. The number of hydrogen-bond acceptors (Lipinski definition) is 1. The summed E-state index contributed by atoms with van der Waals surface area (Å²) in [4.78, 5) is 0. The molecule has 0 fully saturated rings. The van der Waals surface area contributed by atoms with E-state index in [9.17, 15) is 0 Å². The Bertz CT molecular complexity index is 2770. The summed E-state index contributed by atoms with van der Waals surface area (Å²) < 4.78 is 16.3. The van der Waals surface area contributed by atoms with Crippen molar-refractivity contribution in [2.75, 3.05) is 0 Å². The number of hydrogen-bond donors (Lipinski definition) is 2. The maximum atomic E-state index is 7.62. The molecule has 1 aromatic heterocycles. The van der Waals surface area contributed by atoms with Crippen molar-refractivity contribution in [3.63, 3.8) is 0 Å². The maximum absolute atomic E-state index is 7.62. The van der Waals surface area contributed by atoms with Crippen LogP contribution in [0.4, 0.5) is 11.4 Å². The third-order valence-corrected chi connectivity index (χ3v) is 19.3. The van der Waals surface area contributed by atoms with Gasteiger partial charge in [-0.05, 0) is 126 Å². The summed E-state index contributed by atoms with van der Waals surface area (Å²) in [5, 5.41) is 9.49. The summed E-state index contributed by atoms with van der Waals surface area (Å²) in [6.45, 7) is 13.3. The van der Waals surface area contributed by atoms with Gasteiger partial charge in [0.25, 0.3) is 0 Å². The van der Waals surface area contributed by atoms with E-state index in [1.807, 2.05) is 0 Å². The van der Waals surface area contributed by atoms with E-state index in [0.29, 0.717) is 0 Å². The average molecular weight is 805 g/mol. The zero-order valence-electron chi connectivity index (χ0n) is 34.6. The zero-order chi connectivity index (χ0) is 40.7. The fourth-order valence-corrected chi connectivity index (χ4v) is 17.1. The molecule has 0 saturated carbocycles. The second kappa shape index (κ2) is 15.6. The van der Waals surface area contributed by atoms with Gasteiger partial charge in [-0.2, -0.15) is 0 Å². The van der Waals surface area contributed by atoms with E-state index in [4.69, 9.17) is 4.42 Å². The molecule has 5 heteroatoms. The van der Waals surface area contributed by atoms with Crippen molar-refractivity contribution in [2.45, 2.75) is 41.5 Å². The number of benzene rings is 8. The first-order valence-electron chi connectivity index (χ1n) is 20.4. The van der Waals surface area contributed by atoms with Crippen LogP contribution in [0, 0.1) is 41.5 Å². The van der Waals surface area contributed by atoms with Crippen molar-refractivity contribution in [1.29, 1.82) is 0 Å². The topological polar surface area (TPSA) is 41.1 Å². The Kier molecular flexibility index (Phi) is 10.2. The molecular weight excluding hydrogens is 755 g/mol. The van der Waals surface area contributed by atoms with Crippen molar-refractivity contribution < 1.29 is 13.9 Å². The molecule has 0 amide bonds. The highest BCUT2D eigenvalue weighted by Crippen LogP contribution is 2.47. The standard InChI is InChI=1S/C54H48N2OP2/c1-37-33-39(3)51(40(4)34-37)55-58(43-21-11-7-12-22-43,44-23-13-8-14-24-44)49-31-19-29-47-48-30-20-32-50(54(48)57-53(47)49)59(45-25-15-9-16-26-45,46-27-17-10-18-28-46)56-52-41(5)35-38(2)36-42(52)6/h7-36H,1-6H3/p+2. The number of fused-ring (bicyclic) bond motifs is 3. The predicted octanol–water partition coefficient (Wildman–Crippen LogP) is 9.22. The molecule has 0 aliphatic carbocycles. The first-order chi connectivity index (χ1) is 28.7. The lowest BCUT2D eigenvalue weighted by Gasteiger charge is -2.22. The smallest absolute Gasteiger partial charge is 0.205 e. The van der Waals surface area contributed by atoms with Gasteiger partial charge in [0.15, 0.2) is 14.1 Å². The fraction of sp³-hybridized carbons (Fsp3) is 0.111. The van der Waals surface area contributed by atoms with Crippen LogP contribution in [0.1, 0.15) is 33.4 Å². The largest absolute Gasteiger partial charge is 0.454 e. The van der Waals surface area contributed by atoms with E-state index in [-0.39, 0.29) is 0 Å². The summed E-state index contributed by atoms with van der Waals surface area (Å²) in [6.07, 6.45) is 0. The van der Waals surface area contributed by atoms with E-state index in [1.54, 1.807) is 0 Å². The molecule has 9 aromatic rings. The molecule has 0 radical (unpaired) electrons. The van der Waals surface area contributed by atoms with Gasteiger partial charge < -0.3 is 4.42 Å². The van der Waals surface area contributed by atoms with E-state index in [2.05, 4.69) is 233 Å². The summed E-state index contributed by atoms with van der Waals surface area (Å²) >= 11 is 0. The first-order valence-corrected chi connectivity index (χ1v) is 24.0. The van der Waals surface area contributed by atoms with Crippen LogP contribution in [0.5, 0.6) is 0 Å². The van der Waals surface area contributed by atoms with Crippen LogP contribution in [-0.4, -0.2) is 0 Å². The van der Waals surface area contributed by atoms with Crippen LogP contribution in [0.15, 0.2) is 186 Å². The Morgan fingerprint density at radius 2 is 0.627 bits per heavy atom. The number of rotatable bonds is 8. The Morgan fingerprint density at radius 1 is 0.339 bits per heavy atom. The van der Waals surface area contributed by atoms with Crippen molar-refractivity contribution in [2.24, 2.45) is 0 Å². The Hall–Kier alpha value is -5.98. The molecule has 59 heavy (non-hydrogen) atoms. The van der Waals surface area contributed by atoms with Gasteiger partial charge in [-0.1, -0.05) is 108 Å². The number of furan rings is 1. The van der Waals surface area contributed by atoms with Crippen LogP contribution < -0.4 is 41.3 Å². The predicted molar refractivity (Wildman–Crippen MR) is 254 cm³/mol. The van der Waals surface area contributed by atoms with Crippen LogP contribution >= 0.6 is 14.1 Å². The zero-order valence-corrected chi connectivity index (χ0v) is 36.4. The fourth-order valence-electron chi connectivity index (χ4n) is 9.21. The molecule has 0 saturated heterocycles. The Labute approximate surface area is 348 Å². The minimum atomic E-state index is -2.64. The molecule has 3 nitrogen and oxygen atoms in total. The highest BCUT2D eigenvalue weighted by molar-refractivity contribution is 7.86. The van der Waals surface area contributed by atoms with Gasteiger partial charge in [-0.3, -0.25) is 0 Å². The normalized spacial score (nSPS) is 11.9. The lowest BCUT2D eigenvalue weighted by molar-refractivity contribution is -0.328. The third kappa shape index (κ3) is 6.64. The van der Waals surface area contributed by atoms with Gasteiger partial charge in [0.05, 0.1) is 10.6 Å². The van der Waals surface area contributed by atoms with Crippen LogP contribution in [0.25, 0.3) is 21.9 Å². The van der Waals surface area contributed by atoms with Gasteiger partial charge in [0, 0.05) is 54.2 Å². The Morgan fingerprint density at radius 3 is 0.915 bits per heavy atom. The summed E-state index contributed by atoms with van der Waals surface area (Å²) in [5.74, 6) is 0. The van der Waals surface area contributed by atoms with Gasteiger partial charge in [0.2, 0.25) is 11.4 Å². The van der Waals surface area contributed by atoms with E-state index >= 15 is 0 Å². The van der Waals surface area contributed by atoms with E-state index < -0.39 is 14.1 Å². The molecule has 0 atom stereocenters. The van der Waals surface area contributed by atoms with Gasteiger partial charge in [0.1, 0.15) is 11.2 Å². The van der Waals surface area contributed by atoms with Crippen molar-refractivity contribution >= 4 is 79.2 Å². The van der Waals surface area contributed by atoms with Gasteiger partial charge in [-0.25, -0.2) is 9.49 Å². The summed E-state index contributed by atoms with van der Waals surface area (Å²) in [5.41, 5.74) is 11.6. The highest BCUT2D eigenvalue weighted by atomic mass is 31.2. The lowest BCUT2D eigenvalue weighted by Crippen LogP contribution is -2.66. The monoisotopic (exact) mass is 804 g/mol. The van der Waals surface area contributed by atoms with Crippen LogP contribution in [0.2, 0.25) is 0 Å². The van der Waals surface area contributed by atoms with E-state index in [1.165, 1.54) is 54.6 Å². The molecule has 1 heterocycles. The minimum absolute atomic E-state index is 0.910. The molecule has 8 aromatic carbocycles. The SMILES string of the molecule is Cc1cc(C)c([NH+]=P(c2ccccc2)(c2ccccc2)c2cccc3c2oc2c(P(=[NH+]c4c(C)cc(C)cc4C)(c4ccccc4)c4ccccc4)cccc23)c(C)c1. The quantitative estimate of drug-likeness (QED) is 0.148. The molecule has 0 spiro atoms. The second-order valence-corrected chi connectivity index (χ2v) is 22.0. The minimum Gasteiger partial charge on any atom is -0.454 e. The van der Waals surface area contributed by atoms with Crippen molar-refractivity contribution in [3.05, 3.63) is 215 Å². The van der Waals surface area contributed by atoms with Crippen LogP contribution in [-0.2, 0) is 0 Å². The van der Waals surface area contributed by atoms with Crippen molar-refractivity contribution in [1.82, 2.24) is 0 Å². The maximum Gasteiger partial charge on any atom is 0.205 e. The molecule has 0 aliphatic heterocycles. The third-order valence-electron chi connectivity index (χ3n) is 11.7. The average Bonchev–Trinajstić information content (AvgIpc) is 3.64. The second-order valence-electron chi connectivity index (χ2n) is 15.9. The first kappa shape index (κ1) is 38.5. The molecule has 0 unspecified atom stereocenters. The summed E-state index contributed by atoms with van der Waals surface area (Å²) in [7, 11) is -5.28. The number of para-hydroxylation sites is 2. The van der Waals surface area contributed by atoms with Gasteiger partial charge in [-0.15, -0.1) is 0 Å². The number of aryl methyl sites for hydroxylation is 6. The van der Waals surface area contributed by atoms with E-state index in [0.717, 1.165) is 43.9 Å². The molecular formula is C54H50N2OP2+2. The highest BCUT2D eigenvalue weighted by Gasteiger charge is 2.40. The molecule has 0 aliphatic rings. The van der Waals surface area contributed by atoms with Crippen molar-refractivity contribution in [3.8, 4) is 0 Å². The lowest BCUT2D eigenvalue weighted by atomic mass is 10.1. The summed E-state index contributed by atoms with van der Waals surface area (Å²) in [6, 6.07) is 66.8. The number of nitrogens with one attached hydrogen (secondary N) is 2. The van der Waals surface area contributed by atoms with Gasteiger partial charge >= 0.3 is 0 Å². The van der Waals surface area contributed by atoms with Crippen LogP contribution in [0.3, 0.4) is 0 Å². The molecule has 2 N–H and O–H groups in total. The molecule has 9 rings (SSSR count). The molecule has 290 valence electrons.